The fraction of sp³-hybridized carbons (Fsp3) is 0.625. The normalized spacial score (nSPS) is 23.2. The lowest BCUT2D eigenvalue weighted by Gasteiger charge is -2.37. The first kappa shape index (κ1) is 16.0. The molecule has 1 atom stereocenters. The van der Waals surface area contributed by atoms with Crippen molar-refractivity contribution < 1.29 is 14.8 Å². The first-order valence-electron chi connectivity index (χ1n) is 8.08. The number of aliphatic hydroxyl groups excluding tert-OH is 1. The van der Waals surface area contributed by atoms with Crippen molar-refractivity contribution in [2.45, 2.75) is 31.4 Å². The molecule has 7 nitrogen and oxygen atoms in total. The van der Waals surface area contributed by atoms with Crippen molar-refractivity contribution in [1.29, 1.82) is 0 Å². The van der Waals surface area contributed by atoms with Crippen LogP contribution < -0.4 is 9.64 Å². The van der Waals surface area contributed by atoms with Gasteiger partial charge in [-0.25, -0.2) is 0 Å². The van der Waals surface area contributed by atoms with Crippen LogP contribution in [0.2, 0.25) is 0 Å². The second-order valence-electron chi connectivity index (χ2n) is 6.27. The maximum Gasteiger partial charge on any atom is 0.311 e. The molecule has 0 saturated carbocycles. The number of likely N-dealkylation sites (tertiary alicyclic amines) is 1. The molecule has 0 radical (unpaired) electrons. The van der Waals surface area contributed by atoms with Gasteiger partial charge in [0.2, 0.25) is 0 Å². The number of β-amino-alcohol motifs (C(OH)–C–C–N with tert-alkyl or cyclic N) is 1. The molecular formula is C16H23N3O4. The lowest BCUT2D eigenvalue weighted by atomic mass is 10.0. The number of hydrogen-bond donors (Lipinski definition) is 1. The fourth-order valence-corrected chi connectivity index (χ4v) is 3.60. The molecule has 2 aliphatic heterocycles. The zero-order valence-corrected chi connectivity index (χ0v) is 13.4. The van der Waals surface area contributed by atoms with E-state index < -0.39 is 4.92 Å². The second-order valence-corrected chi connectivity index (χ2v) is 6.27. The first-order chi connectivity index (χ1) is 11.1. The highest BCUT2D eigenvalue weighted by Gasteiger charge is 2.30. The molecule has 2 heterocycles. The molecule has 2 fully saturated rings. The number of nitro groups is 1. The summed E-state index contributed by atoms with van der Waals surface area (Å²) in [5.41, 5.74) is 0.963. The summed E-state index contributed by atoms with van der Waals surface area (Å²) in [5.74, 6) is 0.303. The molecular weight excluding hydrogens is 298 g/mol. The molecule has 126 valence electrons. The average Bonchev–Trinajstić information content (AvgIpc) is 3.00. The molecule has 7 heteroatoms. The fourth-order valence-electron chi connectivity index (χ4n) is 3.60. The van der Waals surface area contributed by atoms with Crippen molar-refractivity contribution in [2.75, 3.05) is 38.2 Å². The number of hydrogen-bond acceptors (Lipinski definition) is 6. The average molecular weight is 321 g/mol. The molecule has 23 heavy (non-hydrogen) atoms. The zero-order chi connectivity index (χ0) is 16.4. The SMILES string of the molecule is COc1cc(N2CCC(N3CC[C@H](O)C3)CC2)ccc1[N+](=O)[O-]. The standard InChI is InChI=1S/C16H23N3O4/c1-23-16-10-13(2-3-15(16)19(21)22)17-7-4-12(5-8-17)18-9-6-14(20)11-18/h2-3,10,12,14,20H,4-9,11H2,1H3/t14-/m0/s1. The molecule has 0 aliphatic carbocycles. The van der Waals surface area contributed by atoms with Gasteiger partial charge in [-0.05, 0) is 25.3 Å². The van der Waals surface area contributed by atoms with Crippen LogP contribution in [0.4, 0.5) is 11.4 Å². The molecule has 1 N–H and O–H groups in total. The van der Waals surface area contributed by atoms with Gasteiger partial charge in [-0.2, -0.15) is 0 Å². The Morgan fingerprint density at radius 1 is 1.26 bits per heavy atom. The van der Waals surface area contributed by atoms with Gasteiger partial charge in [0.05, 0.1) is 18.1 Å². The summed E-state index contributed by atoms with van der Waals surface area (Å²) in [4.78, 5) is 15.2. The van der Waals surface area contributed by atoms with Gasteiger partial charge in [0, 0.05) is 50.0 Å². The predicted molar refractivity (Wildman–Crippen MR) is 87.1 cm³/mol. The van der Waals surface area contributed by atoms with Gasteiger partial charge in [-0.15, -0.1) is 0 Å². The van der Waals surface area contributed by atoms with Crippen LogP contribution in [0.15, 0.2) is 18.2 Å². The molecule has 2 saturated heterocycles. The van der Waals surface area contributed by atoms with E-state index in [1.807, 2.05) is 0 Å². The van der Waals surface area contributed by atoms with Crippen molar-refractivity contribution in [2.24, 2.45) is 0 Å². The van der Waals surface area contributed by atoms with E-state index in [-0.39, 0.29) is 11.8 Å². The number of aliphatic hydroxyl groups is 1. The molecule has 0 spiro atoms. The highest BCUT2D eigenvalue weighted by Crippen LogP contribution is 2.33. The molecule has 0 bridgehead atoms. The first-order valence-corrected chi connectivity index (χ1v) is 8.08. The minimum atomic E-state index is -0.423. The van der Waals surface area contributed by atoms with Crippen molar-refractivity contribution in [3.05, 3.63) is 28.3 Å². The Balaban J connectivity index is 1.64. The number of benzene rings is 1. The lowest BCUT2D eigenvalue weighted by molar-refractivity contribution is -0.385. The third-order valence-corrected chi connectivity index (χ3v) is 4.90. The van der Waals surface area contributed by atoms with Gasteiger partial charge in [0.15, 0.2) is 5.75 Å². The molecule has 0 unspecified atom stereocenters. The minimum absolute atomic E-state index is 0.00260. The van der Waals surface area contributed by atoms with E-state index in [0.717, 1.165) is 51.1 Å². The largest absolute Gasteiger partial charge is 0.490 e. The monoisotopic (exact) mass is 321 g/mol. The smallest absolute Gasteiger partial charge is 0.311 e. The second kappa shape index (κ2) is 6.72. The summed E-state index contributed by atoms with van der Waals surface area (Å²) in [5, 5.41) is 20.6. The maximum absolute atomic E-state index is 11.0. The third-order valence-electron chi connectivity index (χ3n) is 4.90. The number of piperidine rings is 1. The van der Waals surface area contributed by atoms with Crippen LogP contribution in [0.3, 0.4) is 0 Å². The van der Waals surface area contributed by atoms with Crippen LogP contribution in [-0.4, -0.2) is 60.4 Å². The minimum Gasteiger partial charge on any atom is -0.490 e. The van der Waals surface area contributed by atoms with Gasteiger partial charge < -0.3 is 14.7 Å². The van der Waals surface area contributed by atoms with E-state index in [4.69, 9.17) is 4.74 Å². The van der Waals surface area contributed by atoms with Crippen LogP contribution in [0.25, 0.3) is 0 Å². The molecule has 3 rings (SSSR count). The van der Waals surface area contributed by atoms with Gasteiger partial charge in [-0.3, -0.25) is 15.0 Å². The van der Waals surface area contributed by atoms with Crippen molar-refractivity contribution in [3.63, 3.8) is 0 Å². The van der Waals surface area contributed by atoms with Crippen molar-refractivity contribution in [1.82, 2.24) is 4.90 Å². The Morgan fingerprint density at radius 2 is 2.00 bits per heavy atom. The van der Waals surface area contributed by atoms with E-state index in [1.54, 1.807) is 12.1 Å². The summed E-state index contributed by atoms with van der Waals surface area (Å²) < 4.78 is 5.15. The third kappa shape index (κ3) is 3.40. The molecule has 1 aromatic rings. The van der Waals surface area contributed by atoms with Crippen molar-refractivity contribution in [3.8, 4) is 5.75 Å². The Morgan fingerprint density at radius 3 is 2.57 bits per heavy atom. The molecule has 2 aliphatic rings. The van der Waals surface area contributed by atoms with E-state index in [2.05, 4.69) is 9.80 Å². The predicted octanol–water partition coefficient (Wildman–Crippen LogP) is 1.64. The summed E-state index contributed by atoms with van der Waals surface area (Å²) in [7, 11) is 1.46. The number of rotatable bonds is 4. The van der Waals surface area contributed by atoms with E-state index in [0.29, 0.717) is 11.8 Å². The van der Waals surface area contributed by atoms with E-state index in [1.165, 1.54) is 13.2 Å². The highest BCUT2D eigenvalue weighted by molar-refractivity contribution is 5.59. The Bertz CT molecular complexity index is 572. The number of nitrogens with zero attached hydrogens (tertiary/aromatic N) is 3. The number of methoxy groups -OCH3 is 1. The van der Waals surface area contributed by atoms with Gasteiger partial charge in [-0.1, -0.05) is 0 Å². The molecule has 1 aromatic carbocycles. The van der Waals surface area contributed by atoms with E-state index in [9.17, 15) is 15.2 Å². The van der Waals surface area contributed by atoms with Crippen LogP contribution in [0.1, 0.15) is 19.3 Å². The van der Waals surface area contributed by atoms with Crippen LogP contribution in [0.5, 0.6) is 5.75 Å². The topological polar surface area (TPSA) is 79.1 Å². The molecule has 0 aromatic heterocycles. The van der Waals surface area contributed by atoms with Gasteiger partial charge in [0.1, 0.15) is 0 Å². The van der Waals surface area contributed by atoms with Gasteiger partial charge >= 0.3 is 5.69 Å². The lowest BCUT2D eigenvalue weighted by Crippen LogP contribution is -2.44. The Hall–Kier alpha value is -1.86. The van der Waals surface area contributed by atoms with Crippen molar-refractivity contribution >= 4 is 11.4 Å². The Kier molecular flexibility index (Phi) is 4.68. The van der Waals surface area contributed by atoms with Crippen LogP contribution >= 0.6 is 0 Å². The summed E-state index contributed by atoms with van der Waals surface area (Å²) in [6, 6.07) is 5.58. The number of anilines is 1. The maximum atomic E-state index is 11.0. The summed E-state index contributed by atoms with van der Waals surface area (Å²) in [6.45, 7) is 3.60. The number of ether oxygens (including phenoxy) is 1. The zero-order valence-electron chi connectivity index (χ0n) is 13.4. The molecule has 0 amide bonds. The quantitative estimate of drug-likeness (QED) is 0.671. The summed E-state index contributed by atoms with van der Waals surface area (Å²) in [6.07, 6.45) is 2.80. The summed E-state index contributed by atoms with van der Waals surface area (Å²) >= 11 is 0. The van der Waals surface area contributed by atoms with Crippen LogP contribution in [-0.2, 0) is 0 Å². The number of nitro benzene ring substituents is 1. The van der Waals surface area contributed by atoms with Crippen LogP contribution in [0, 0.1) is 10.1 Å². The Labute approximate surface area is 135 Å². The highest BCUT2D eigenvalue weighted by atomic mass is 16.6. The van der Waals surface area contributed by atoms with E-state index >= 15 is 0 Å². The van der Waals surface area contributed by atoms with Gasteiger partial charge in [0.25, 0.3) is 0 Å².